The number of likely N-dealkylation sites (N-methyl/N-ethyl adjacent to an activating group) is 1. The first kappa shape index (κ1) is 10.5. The van der Waals surface area contributed by atoms with Gasteiger partial charge in [0.2, 0.25) is 5.76 Å². The lowest BCUT2D eigenvalue weighted by Crippen LogP contribution is -2.49. The number of anilines is 2. The lowest BCUT2D eigenvalue weighted by Gasteiger charge is -2.40. The molecule has 1 saturated carbocycles. The van der Waals surface area contributed by atoms with E-state index in [-0.39, 0.29) is 11.3 Å². The number of aromatic carboxylic acids is 1. The van der Waals surface area contributed by atoms with Gasteiger partial charge in [-0.1, -0.05) is 12.8 Å². The molecule has 1 aliphatic carbocycles. The van der Waals surface area contributed by atoms with Gasteiger partial charge in [-0.2, -0.15) is 0 Å². The third-order valence-corrected chi connectivity index (χ3v) is 3.87. The fourth-order valence-electron chi connectivity index (χ4n) is 3.09. The molecule has 3 rings (SSSR count). The molecule has 2 N–H and O–H groups in total. The van der Waals surface area contributed by atoms with Crippen molar-refractivity contribution in [2.75, 3.05) is 23.8 Å². The summed E-state index contributed by atoms with van der Waals surface area (Å²) >= 11 is 0. The first-order chi connectivity index (χ1) is 8.11. The fraction of sp³-hybridized carbons (Fsp3) is 0.583. The summed E-state index contributed by atoms with van der Waals surface area (Å²) in [5, 5.41) is 12.5. The van der Waals surface area contributed by atoms with Crippen molar-refractivity contribution in [3.63, 3.8) is 0 Å². The maximum absolute atomic E-state index is 11.1. The van der Waals surface area contributed by atoms with Gasteiger partial charge in [0.05, 0.1) is 11.2 Å². The summed E-state index contributed by atoms with van der Waals surface area (Å²) in [6.45, 7) is 0.915. The zero-order valence-electron chi connectivity index (χ0n) is 9.82. The Morgan fingerprint density at radius 1 is 1.53 bits per heavy atom. The van der Waals surface area contributed by atoms with Crippen molar-refractivity contribution < 1.29 is 14.3 Å². The van der Waals surface area contributed by atoms with Crippen LogP contribution in [0, 0.1) is 0 Å². The molecule has 0 aromatic carbocycles. The highest BCUT2D eigenvalue weighted by Gasteiger charge is 2.41. The van der Waals surface area contributed by atoms with Crippen molar-refractivity contribution in [2.45, 2.75) is 31.2 Å². The van der Waals surface area contributed by atoms with Gasteiger partial charge in [0.1, 0.15) is 12.0 Å². The van der Waals surface area contributed by atoms with Crippen LogP contribution in [0.2, 0.25) is 0 Å². The maximum atomic E-state index is 11.1. The monoisotopic (exact) mass is 236 g/mol. The molecule has 0 radical (unpaired) electrons. The number of hydrogen-bond donors (Lipinski definition) is 2. The van der Waals surface area contributed by atoms with Gasteiger partial charge in [0, 0.05) is 13.6 Å². The van der Waals surface area contributed by atoms with Crippen LogP contribution in [0.15, 0.2) is 10.7 Å². The summed E-state index contributed by atoms with van der Waals surface area (Å²) in [7, 11) is 1.99. The van der Waals surface area contributed by atoms with E-state index in [1.807, 2.05) is 7.05 Å². The second kappa shape index (κ2) is 3.42. The molecule has 2 heterocycles. The molecular weight excluding hydrogens is 220 g/mol. The first-order valence-corrected chi connectivity index (χ1v) is 5.95. The number of furan rings is 1. The zero-order valence-corrected chi connectivity index (χ0v) is 9.82. The SMILES string of the molecule is CN1CC2(CCCC2)Nc2c1coc2C(=O)O. The lowest BCUT2D eigenvalue weighted by molar-refractivity contribution is 0.0663. The standard InChI is InChI=1S/C12H16N2O3/c1-14-7-12(4-2-3-5-12)13-9-8(14)6-17-10(9)11(15)16/h6,13H,2-5,7H2,1H3,(H,15,16). The molecule has 17 heavy (non-hydrogen) atoms. The number of nitrogens with zero attached hydrogens (tertiary/aromatic N) is 1. The normalized spacial score (nSPS) is 21.4. The summed E-state index contributed by atoms with van der Waals surface area (Å²) in [5.41, 5.74) is 1.53. The number of carboxylic acids is 1. The van der Waals surface area contributed by atoms with Crippen LogP contribution < -0.4 is 10.2 Å². The van der Waals surface area contributed by atoms with Crippen LogP contribution in [0.4, 0.5) is 11.4 Å². The van der Waals surface area contributed by atoms with Crippen LogP contribution in [0.1, 0.15) is 36.2 Å². The van der Waals surface area contributed by atoms with Crippen LogP contribution in [0.3, 0.4) is 0 Å². The van der Waals surface area contributed by atoms with Crippen molar-refractivity contribution in [3.8, 4) is 0 Å². The zero-order chi connectivity index (χ0) is 12.0. The molecule has 1 fully saturated rings. The molecule has 5 heteroatoms. The van der Waals surface area contributed by atoms with Crippen molar-refractivity contribution in [3.05, 3.63) is 12.0 Å². The number of nitrogens with one attached hydrogen (secondary N) is 1. The summed E-state index contributed by atoms with van der Waals surface area (Å²) in [4.78, 5) is 13.2. The Labute approximate surface area is 99.4 Å². The van der Waals surface area contributed by atoms with Gasteiger partial charge in [-0.15, -0.1) is 0 Å². The molecule has 92 valence electrons. The number of carbonyl (C=O) groups is 1. The molecule has 1 aromatic rings. The second-order valence-corrected chi connectivity index (χ2v) is 5.10. The Morgan fingerprint density at radius 3 is 2.88 bits per heavy atom. The predicted molar refractivity (Wildman–Crippen MR) is 63.8 cm³/mol. The van der Waals surface area contributed by atoms with Gasteiger partial charge in [-0.25, -0.2) is 4.79 Å². The van der Waals surface area contributed by atoms with Gasteiger partial charge < -0.3 is 19.7 Å². The van der Waals surface area contributed by atoms with Crippen LogP contribution in [-0.2, 0) is 0 Å². The van der Waals surface area contributed by atoms with Crippen molar-refractivity contribution in [1.29, 1.82) is 0 Å². The van der Waals surface area contributed by atoms with Crippen LogP contribution in [0.5, 0.6) is 0 Å². The minimum atomic E-state index is -1.01. The highest BCUT2D eigenvalue weighted by molar-refractivity contribution is 5.96. The molecule has 1 spiro atoms. The number of fused-ring (bicyclic) bond motifs is 1. The van der Waals surface area contributed by atoms with Gasteiger partial charge in [0.25, 0.3) is 0 Å². The Morgan fingerprint density at radius 2 is 2.24 bits per heavy atom. The number of carboxylic acid groups (broad SMARTS) is 1. The van der Waals surface area contributed by atoms with Crippen LogP contribution in [0.25, 0.3) is 0 Å². The van der Waals surface area contributed by atoms with E-state index in [1.165, 1.54) is 19.1 Å². The lowest BCUT2D eigenvalue weighted by atomic mass is 9.93. The highest BCUT2D eigenvalue weighted by atomic mass is 16.4. The van der Waals surface area contributed by atoms with E-state index in [0.29, 0.717) is 5.69 Å². The van der Waals surface area contributed by atoms with Gasteiger partial charge in [-0.05, 0) is 12.8 Å². The summed E-state index contributed by atoms with van der Waals surface area (Å²) in [6, 6.07) is 0. The number of hydrogen-bond acceptors (Lipinski definition) is 4. The van der Waals surface area contributed by atoms with E-state index in [0.717, 1.165) is 25.1 Å². The molecule has 0 unspecified atom stereocenters. The van der Waals surface area contributed by atoms with E-state index in [9.17, 15) is 4.79 Å². The van der Waals surface area contributed by atoms with Crippen molar-refractivity contribution >= 4 is 17.3 Å². The Bertz CT molecular complexity index is 460. The topological polar surface area (TPSA) is 65.7 Å². The van der Waals surface area contributed by atoms with E-state index >= 15 is 0 Å². The molecule has 1 aliphatic heterocycles. The van der Waals surface area contributed by atoms with Crippen molar-refractivity contribution in [2.24, 2.45) is 0 Å². The van der Waals surface area contributed by atoms with Gasteiger partial charge >= 0.3 is 5.97 Å². The Kier molecular flexibility index (Phi) is 2.11. The minimum Gasteiger partial charge on any atom is -0.475 e. The maximum Gasteiger partial charge on any atom is 0.374 e. The average molecular weight is 236 g/mol. The Balaban J connectivity index is 2.03. The highest BCUT2D eigenvalue weighted by Crippen LogP contribution is 2.43. The fourth-order valence-corrected chi connectivity index (χ4v) is 3.09. The molecule has 5 nitrogen and oxygen atoms in total. The van der Waals surface area contributed by atoms with E-state index in [4.69, 9.17) is 9.52 Å². The third-order valence-electron chi connectivity index (χ3n) is 3.87. The molecule has 2 aliphatic rings. The first-order valence-electron chi connectivity index (χ1n) is 5.95. The smallest absolute Gasteiger partial charge is 0.374 e. The van der Waals surface area contributed by atoms with Gasteiger partial charge in [0.15, 0.2) is 0 Å². The molecule has 0 saturated heterocycles. The Hall–Kier alpha value is -1.65. The van der Waals surface area contributed by atoms with Crippen LogP contribution >= 0.6 is 0 Å². The second-order valence-electron chi connectivity index (χ2n) is 5.10. The summed E-state index contributed by atoms with van der Waals surface area (Å²) in [5.74, 6) is -0.986. The predicted octanol–water partition coefficient (Wildman–Crippen LogP) is 2.15. The number of rotatable bonds is 1. The molecule has 0 amide bonds. The van der Waals surface area contributed by atoms with Crippen LogP contribution in [-0.4, -0.2) is 30.2 Å². The van der Waals surface area contributed by atoms with E-state index in [2.05, 4.69) is 10.2 Å². The molecular formula is C12H16N2O3. The van der Waals surface area contributed by atoms with E-state index < -0.39 is 5.97 Å². The minimum absolute atomic E-state index is 0.0258. The van der Waals surface area contributed by atoms with Gasteiger partial charge in [-0.3, -0.25) is 0 Å². The molecule has 0 bridgehead atoms. The quantitative estimate of drug-likeness (QED) is 0.782. The largest absolute Gasteiger partial charge is 0.475 e. The van der Waals surface area contributed by atoms with E-state index in [1.54, 1.807) is 0 Å². The summed E-state index contributed by atoms with van der Waals surface area (Å²) < 4.78 is 5.15. The summed E-state index contributed by atoms with van der Waals surface area (Å²) in [6.07, 6.45) is 6.13. The molecule has 1 aromatic heterocycles. The molecule has 0 atom stereocenters. The van der Waals surface area contributed by atoms with Crippen molar-refractivity contribution in [1.82, 2.24) is 0 Å². The average Bonchev–Trinajstić information content (AvgIpc) is 2.85. The third kappa shape index (κ3) is 1.49.